The number of hydrogen-bond donors (Lipinski definition) is 0. The SMILES string of the molecule is O=C(c1ccc(Cl)cc1)[C@@H](CCCl)N(C(=O)c1ccc(Cl)cc1Cl)N1C(=O)CCC1=O. The van der Waals surface area contributed by atoms with Gasteiger partial charge in [-0.2, -0.15) is 5.01 Å². The molecule has 1 aliphatic rings. The summed E-state index contributed by atoms with van der Waals surface area (Å²) < 4.78 is 0. The van der Waals surface area contributed by atoms with Crippen LogP contribution in [0.4, 0.5) is 0 Å². The van der Waals surface area contributed by atoms with E-state index in [-0.39, 0.29) is 41.3 Å². The van der Waals surface area contributed by atoms with Crippen molar-refractivity contribution in [3.8, 4) is 0 Å². The Morgan fingerprint density at radius 3 is 2.06 bits per heavy atom. The fourth-order valence-electron chi connectivity index (χ4n) is 3.24. The van der Waals surface area contributed by atoms with Gasteiger partial charge in [-0.05, 0) is 48.9 Å². The van der Waals surface area contributed by atoms with E-state index in [1.54, 1.807) is 0 Å². The van der Waals surface area contributed by atoms with E-state index in [2.05, 4.69) is 0 Å². The number of alkyl halides is 1. The molecule has 0 unspecified atom stereocenters. The van der Waals surface area contributed by atoms with Gasteiger partial charge in [-0.15, -0.1) is 11.6 Å². The summed E-state index contributed by atoms with van der Waals surface area (Å²) in [7, 11) is 0. The number of carbonyl (C=O) groups excluding carboxylic acids is 4. The number of imide groups is 1. The van der Waals surface area contributed by atoms with Crippen LogP contribution in [-0.4, -0.2) is 45.4 Å². The van der Waals surface area contributed by atoms with Crippen LogP contribution in [0.3, 0.4) is 0 Å². The average molecular weight is 502 g/mol. The maximum atomic E-state index is 13.5. The Bertz CT molecular complexity index is 1030. The first-order valence-corrected chi connectivity index (χ1v) is 10.9. The smallest absolute Gasteiger partial charge is 0.275 e. The van der Waals surface area contributed by atoms with Gasteiger partial charge in [0, 0.05) is 34.3 Å². The first kappa shape index (κ1) is 23.5. The highest BCUT2D eigenvalue weighted by Crippen LogP contribution is 2.28. The summed E-state index contributed by atoms with van der Waals surface area (Å²) in [5.74, 6) is -2.47. The normalized spacial score (nSPS) is 14.6. The highest BCUT2D eigenvalue weighted by Gasteiger charge is 2.43. The minimum atomic E-state index is -1.22. The minimum Gasteiger partial charge on any atom is -0.292 e. The molecule has 0 spiro atoms. The van der Waals surface area contributed by atoms with E-state index in [0.717, 1.165) is 10.0 Å². The van der Waals surface area contributed by atoms with Crippen LogP contribution < -0.4 is 0 Å². The second-order valence-corrected chi connectivity index (χ2v) is 8.40. The van der Waals surface area contributed by atoms with Crippen molar-refractivity contribution in [2.24, 2.45) is 0 Å². The molecule has 0 saturated carbocycles. The van der Waals surface area contributed by atoms with E-state index >= 15 is 0 Å². The number of hydrogen-bond acceptors (Lipinski definition) is 4. The van der Waals surface area contributed by atoms with E-state index in [1.807, 2.05) is 0 Å². The topological polar surface area (TPSA) is 74.8 Å². The van der Waals surface area contributed by atoms with Crippen LogP contribution in [0.25, 0.3) is 0 Å². The van der Waals surface area contributed by atoms with Gasteiger partial charge in [0.05, 0.1) is 10.6 Å². The van der Waals surface area contributed by atoms with Gasteiger partial charge in [-0.1, -0.05) is 34.8 Å². The number of nitrogens with zero attached hydrogens (tertiary/aromatic N) is 2. The zero-order chi connectivity index (χ0) is 22.7. The van der Waals surface area contributed by atoms with Crippen molar-refractivity contribution in [1.82, 2.24) is 10.0 Å². The number of Topliss-reactive ketones (excluding diaryl/α,β-unsaturated/α-hetero) is 1. The Kier molecular flexibility index (Phi) is 7.59. The van der Waals surface area contributed by atoms with Crippen LogP contribution in [0.15, 0.2) is 42.5 Å². The van der Waals surface area contributed by atoms with E-state index in [1.165, 1.54) is 42.5 Å². The second kappa shape index (κ2) is 10.0. The number of amides is 3. The predicted octanol–water partition coefficient (Wildman–Crippen LogP) is 5.03. The second-order valence-electron chi connectivity index (χ2n) is 6.74. The highest BCUT2D eigenvalue weighted by molar-refractivity contribution is 6.37. The quantitative estimate of drug-likeness (QED) is 0.303. The molecule has 0 aliphatic carbocycles. The number of halogens is 4. The fourth-order valence-corrected chi connectivity index (χ4v) is 4.06. The number of carbonyl (C=O) groups is 4. The molecule has 1 saturated heterocycles. The van der Waals surface area contributed by atoms with Gasteiger partial charge < -0.3 is 0 Å². The Labute approximate surface area is 198 Å². The number of hydrazine groups is 1. The summed E-state index contributed by atoms with van der Waals surface area (Å²) in [6, 6.07) is 9.01. The van der Waals surface area contributed by atoms with Crippen molar-refractivity contribution in [1.29, 1.82) is 0 Å². The summed E-state index contributed by atoms with van der Waals surface area (Å²) in [5, 5.41) is 2.34. The molecule has 1 fully saturated rings. The fraction of sp³-hybridized carbons (Fsp3) is 0.238. The van der Waals surface area contributed by atoms with Crippen molar-refractivity contribution in [2.45, 2.75) is 25.3 Å². The molecule has 1 heterocycles. The molecule has 3 rings (SSSR count). The zero-order valence-electron chi connectivity index (χ0n) is 16.0. The zero-order valence-corrected chi connectivity index (χ0v) is 19.0. The maximum Gasteiger partial charge on any atom is 0.275 e. The van der Waals surface area contributed by atoms with E-state index < -0.39 is 29.5 Å². The number of rotatable bonds is 7. The Morgan fingerprint density at radius 1 is 0.935 bits per heavy atom. The third-order valence-corrected chi connectivity index (χ3v) is 5.74. The first-order valence-electron chi connectivity index (χ1n) is 9.24. The molecule has 162 valence electrons. The van der Waals surface area contributed by atoms with Crippen molar-refractivity contribution in [3.05, 3.63) is 68.7 Å². The Morgan fingerprint density at radius 2 is 1.52 bits per heavy atom. The van der Waals surface area contributed by atoms with Crippen LogP contribution in [0.5, 0.6) is 0 Å². The highest BCUT2D eigenvalue weighted by atomic mass is 35.5. The molecule has 2 aromatic rings. The van der Waals surface area contributed by atoms with E-state index in [0.29, 0.717) is 10.0 Å². The lowest BCUT2D eigenvalue weighted by molar-refractivity contribution is -0.154. The Hall–Kier alpha value is -2.12. The molecule has 6 nitrogen and oxygen atoms in total. The number of ketones is 1. The lowest BCUT2D eigenvalue weighted by Crippen LogP contribution is -2.57. The number of benzene rings is 2. The summed E-state index contributed by atoms with van der Waals surface area (Å²) >= 11 is 24.0. The van der Waals surface area contributed by atoms with E-state index in [4.69, 9.17) is 46.4 Å². The monoisotopic (exact) mass is 500 g/mol. The van der Waals surface area contributed by atoms with Crippen LogP contribution in [0, 0.1) is 0 Å². The molecule has 0 radical (unpaired) electrons. The summed E-state index contributed by atoms with van der Waals surface area (Å²) in [4.78, 5) is 51.8. The van der Waals surface area contributed by atoms with Crippen molar-refractivity contribution < 1.29 is 19.2 Å². The van der Waals surface area contributed by atoms with E-state index in [9.17, 15) is 19.2 Å². The summed E-state index contributed by atoms with van der Waals surface area (Å²) in [6.45, 7) is 0. The predicted molar refractivity (Wildman–Crippen MR) is 119 cm³/mol. The molecule has 1 atom stereocenters. The molecule has 1 aliphatic heterocycles. The van der Waals surface area contributed by atoms with Gasteiger partial charge in [0.15, 0.2) is 5.78 Å². The lowest BCUT2D eigenvalue weighted by atomic mass is 10.0. The molecule has 3 amide bonds. The van der Waals surface area contributed by atoms with Gasteiger partial charge in [-0.25, -0.2) is 5.01 Å². The molecule has 2 aromatic carbocycles. The van der Waals surface area contributed by atoms with Gasteiger partial charge >= 0.3 is 0 Å². The molecule has 0 bridgehead atoms. The van der Waals surface area contributed by atoms with Crippen LogP contribution in [-0.2, 0) is 9.59 Å². The molecular weight excluding hydrogens is 486 g/mol. The van der Waals surface area contributed by atoms with Crippen molar-refractivity contribution in [3.63, 3.8) is 0 Å². The van der Waals surface area contributed by atoms with Crippen LogP contribution >= 0.6 is 46.4 Å². The lowest BCUT2D eigenvalue weighted by Gasteiger charge is -2.36. The minimum absolute atomic E-state index is 0.00164. The van der Waals surface area contributed by atoms with Crippen LogP contribution in [0.2, 0.25) is 15.1 Å². The average Bonchev–Trinajstić information content (AvgIpc) is 3.06. The standard InChI is InChI=1S/C21H16Cl4N2O4/c22-10-9-17(20(30)12-1-3-13(23)4-2-12)26(27-18(28)7-8-19(27)29)21(31)15-6-5-14(24)11-16(15)25/h1-6,11,17H,7-10H2/t17-/m1/s1. The molecular formula is C21H16Cl4N2O4. The molecule has 31 heavy (non-hydrogen) atoms. The third kappa shape index (κ3) is 5.04. The maximum absolute atomic E-state index is 13.5. The summed E-state index contributed by atoms with van der Waals surface area (Å²) in [6.07, 6.45) is -0.142. The first-order chi connectivity index (χ1) is 14.7. The largest absolute Gasteiger partial charge is 0.292 e. The third-order valence-electron chi connectivity index (χ3n) is 4.72. The van der Waals surface area contributed by atoms with Gasteiger partial charge in [0.2, 0.25) is 11.8 Å². The van der Waals surface area contributed by atoms with Crippen molar-refractivity contribution >= 4 is 69.9 Å². The van der Waals surface area contributed by atoms with Crippen molar-refractivity contribution in [2.75, 3.05) is 5.88 Å². The molecule has 10 heteroatoms. The van der Waals surface area contributed by atoms with Gasteiger partial charge in [0.25, 0.3) is 5.91 Å². The Balaban J connectivity index is 2.11. The van der Waals surface area contributed by atoms with Crippen LogP contribution in [0.1, 0.15) is 40.0 Å². The molecule has 0 aromatic heterocycles. The summed E-state index contributed by atoms with van der Waals surface area (Å²) in [5.41, 5.74) is 0.237. The molecule has 0 N–H and O–H groups in total. The van der Waals surface area contributed by atoms with Gasteiger partial charge in [-0.3, -0.25) is 19.2 Å². The van der Waals surface area contributed by atoms with Gasteiger partial charge in [0.1, 0.15) is 6.04 Å².